The molecule has 0 saturated carbocycles. The second kappa shape index (κ2) is 7.58. The Labute approximate surface area is 131 Å². The molecule has 1 N–H and O–H groups in total. The first-order valence-corrected chi connectivity index (χ1v) is 7.96. The van der Waals surface area contributed by atoms with E-state index in [-0.39, 0.29) is 18.2 Å². The van der Waals surface area contributed by atoms with Gasteiger partial charge in [-0.3, -0.25) is 0 Å². The molecule has 1 fully saturated rings. The minimum Gasteiger partial charge on any atom is -0.376 e. The molecular formula is C15H26N4O3. The second-order valence-electron chi connectivity index (χ2n) is 6.17. The van der Waals surface area contributed by atoms with Crippen LogP contribution in [0.3, 0.4) is 0 Å². The summed E-state index contributed by atoms with van der Waals surface area (Å²) in [6.07, 6.45) is 1.74. The van der Waals surface area contributed by atoms with Crippen LogP contribution in [0.1, 0.15) is 51.4 Å². The zero-order valence-corrected chi connectivity index (χ0v) is 13.8. The van der Waals surface area contributed by atoms with Crippen molar-refractivity contribution in [2.24, 2.45) is 5.92 Å². The van der Waals surface area contributed by atoms with Gasteiger partial charge < -0.3 is 19.5 Å². The number of amides is 2. The van der Waals surface area contributed by atoms with E-state index in [1.165, 1.54) is 0 Å². The molecule has 0 aliphatic carbocycles. The number of urea groups is 1. The van der Waals surface area contributed by atoms with Crippen LogP contribution in [0, 0.1) is 12.8 Å². The Morgan fingerprint density at radius 2 is 2.32 bits per heavy atom. The van der Waals surface area contributed by atoms with Gasteiger partial charge in [0.1, 0.15) is 0 Å². The molecule has 2 heterocycles. The Hall–Kier alpha value is -1.63. The lowest BCUT2D eigenvalue weighted by atomic mass is 10.2. The van der Waals surface area contributed by atoms with Gasteiger partial charge in [0.2, 0.25) is 5.89 Å². The van der Waals surface area contributed by atoms with Crippen molar-refractivity contribution in [3.8, 4) is 0 Å². The van der Waals surface area contributed by atoms with Crippen molar-refractivity contribution in [2.45, 2.75) is 52.7 Å². The number of aromatic nitrogens is 2. The average molecular weight is 310 g/mol. The maximum absolute atomic E-state index is 12.4. The molecule has 1 aliphatic heterocycles. The minimum absolute atomic E-state index is 0.0926. The van der Waals surface area contributed by atoms with E-state index in [0.717, 1.165) is 19.6 Å². The SMILES string of the molecule is CCC(NC(=O)N1CCC(OCC(C)C)C1)c1noc(C)n1. The first-order valence-electron chi connectivity index (χ1n) is 7.96. The van der Waals surface area contributed by atoms with E-state index in [0.29, 0.717) is 30.6 Å². The number of carbonyl (C=O) groups excluding carboxylic acids is 1. The summed E-state index contributed by atoms with van der Waals surface area (Å²) in [4.78, 5) is 18.3. The predicted octanol–water partition coefficient (Wildman–Crippen LogP) is 2.29. The fourth-order valence-electron chi connectivity index (χ4n) is 2.42. The van der Waals surface area contributed by atoms with Gasteiger partial charge in [0.15, 0.2) is 5.82 Å². The lowest BCUT2D eigenvalue weighted by Crippen LogP contribution is -2.41. The van der Waals surface area contributed by atoms with Gasteiger partial charge in [-0.25, -0.2) is 4.79 Å². The number of nitrogens with one attached hydrogen (secondary N) is 1. The number of likely N-dealkylation sites (tertiary alicyclic amines) is 1. The molecule has 7 nitrogen and oxygen atoms in total. The number of ether oxygens (including phenoxy) is 1. The highest BCUT2D eigenvalue weighted by atomic mass is 16.5. The van der Waals surface area contributed by atoms with Gasteiger partial charge in [0, 0.05) is 26.6 Å². The molecule has 0 aromatic carbocycles. The van der Waals surface area contributed by atoms with Crippen molar-refractivity contribution in [3.05, 3.63) is 11.7 Å². The summed E-state index contributed by atoms with van der Waals surface area (Å²) in [6, 6.07) is -0.314. The van der Waals surface area contributed by atoms with E-state index in [2.05, 4.69) is 29.3 Å². The van der Waals surface area contributed by atoms with Crippen LogP contribution in [-0.4, -0.2) is 46.9 Å². The highest BCUT2D eigenvalue weighted by Gasteiger charge is 2.29. The van der Waals surface area contributed by atoms with Crippen LogP contribution in [0.4, 0.5) is 4.79 Å². The first kappa shape index (κ1) is 16.7. The Morgan fingerprint density at radius 3 is 2.91 bits per heavy atom. The molecule has 0 bridgehead atoms. The van der Waals surface area contributed by atoms with Crippen molar-refractivity contribution in [1.29, 1.82) is 0 Å². The van der Waals surface area contributed by atoms with Gasteiger partial charge in [-0.05, 0) is 18.8 Å². The Balaban J connectivity index is 1.84. The highest BCUT2D eigenvalue weighted by Crippen LogP contribution is 2.17. The molecule has 2 rings (SSSR count). The van der Waals surface area contributed by atoms with Crippen LogP contribution in [0.2, 0.25) is 0 Å². The lowest BCUT2D eigenvalue weighted by molar-refractivity contribution is 0.0435. The molecule has 1 saturated heterocycles. The van der Waals surface area contributed by atoms with E-state index in [1.807, 2.05) is 6.92 Å². The van der Waals surface area contributed by atoms with Gasteiger partial charge in [0.05, 0.1) is 12.1 Å². The average Bonchev–Trinajstić information content (AvgIpc) is 3.11. The van der Waals surface area contributed by atoms with Crippen molar-refractivity contribution in [2.75, 3.05) is 19.7 Å². The maximum atomic E-state index is 12.4. The number of rotatable bonds is 6. The van der Waals surface area contributed by atoms with Crippen LogP contribution in [0.15, 0.2) is 4.52 Å². The van der Waals surface area contributed by atoms with Crippen LogP contribution < -0.4 is 5.32 Å². The van der Waals surface area contributed by atoms with Gasteiger partial charge >= 0.3 is 6.03 Å². The summed E-state index contributed by atoms with van der Waals surface area (Å²) in [5.41, 5.74) is 0. The smallest absolute Gasteiger partial charge is 0.318 e. The third-order valence-corrected chi connectivity index (χ3v) is 3.66. The fraction of sp³-hybridized carbons (Fsp3) is 0.800. The zero-order chi connectivity index (χ0) is 16.1. The van der Waals surface area contributed by atoms with Crippen LogP contribution in [0.5, 0.6) is 0 Å². The molecule has 0 radical (unpaired) electrons. The summed E-state index contributed by atoms with van der Waals surface area (Å²) in [6.45, 7) is 10.1. The van der Waals surface area contributed by atoms with E-state index >= 15 is 0 Å². The summed E-state index contributed by atoms with van der Waals surface area (Å²) in [5.74, 6) is 1.54. The first-order chi connectivity index (χ1) is 10.5. The van der Waals surface area contributed by atoms with E-state index < -0.39 is 0 Å². The largest absolute Gasteiger partial charge is 0.376 e. The number of hydrogen-bond acceptors (Lipinski definition) is 5. The van der Waals surface area contributed by atoms with Crippen molar-refractivity contribution in [3.63, 3.8) is 0 Å². The summed E-state index contributed by atoms with van der Waals surface area (Å²) >= 11 is 0. The molecule has 7 heteroatoms. The van der Waals surface area contributed by atoms with Crippen LogP contribution >= 0.6 is 0 Å². The monoisotopic (exact) mass is 310 g/mol. The number of hydrogen-bond donors (Lipinski definition) is 1. The predicted molar refractivity (Wildman–Crippen MR) is 81.4 cm³/mol. The topological polar surface area (TPSA) is 80.5 Å². The van der Waals surface area contributed by atoms with Gasteiger partial charge in [-0.15, -0.1) is 0 Å². The van der Waals surface area contributed by atoms with E-state index in [1.54, 1.807) is 11.8 Å². The van der Waals surface area contributed by atoms with Gasteiger partial charge in [-0.2, -0.15) is 4.98 Å². The minimum atomic E-state index is -0.222. The van der Waals surface area contributed by atoms with Crippen LogP contribution in [-0.2, 0) is 4.74 Å². The highest BCUT2D eigenvalue weighted by molar-refractivity contribution is 5.75. The van der Waals surface area contributed by atoms with Crippen molar-refractivity contribution >= 4 is 6.03 Å². The number of aryl methyl sites for hydroxylation is 1. The summed E-state index contributed by atoms with van der Waals surface area (Å²) < 4.78 is 10.8. The molecule has 1 aromatic heterocycles. The second-order valence-corrected chi connectivity index (χ2v) is 6.17. The van der Waals surface area contributed by atoms with Crippen molar-refractivity contribution < 1.29 is 14.1 Å². The van der Waals surface area contributed by atoms with Gasteiger partial charge in [-0.1, -0.05) is 25.9 Å². The molecular weight excluding hydrogens is 284 g/mol. The molecule has 0 spiro atoms. The fourth-order valence-corrected chi connectivity index (χ4v) is 2.42. The van der Waals surface area contributed by atoms with Crippen molar-refractivity contribution in [1.82, 2.24) is 20.4 Å². The normalized spacial score (nSPS) is 19.7. The number of carbonyl (C=O) groups is 1. The lowest BCUT2D eigenvalue weighted by Gasteiger charge is -2.21. The summed E-state index contributed by atoms with van der Waals surface area (Å²) in [5, 5.41) is 6.86. The zero-order valence-electron chi connectivity index (χ0n) is 13.8. The molecule has 124 valence electrons. The van der Waals surface area contributed by atoms with Crippen LogP contribution in [0.25, 0.3) is 0 Å². The Morgan fingerprint density at radius 1 is 1.55 bits per heavy atom. The molecule has 22 heavy (non-hydrogen) atoms. The standard InChI is InChI=1S/C15H26N4O3/c1-5-13(14-16-11(4)22-18-14)17-15(20)19-7-6-12(8-19)21-9-10(2)3/h10,12-13H,5-9H2,1-4H3,(H,17,20). The number of nitrogens with zero attached hydrogens (tertiary/aromatic N) is 3. The third kappa shape index (κ3) is 4.43. The maximum Gasteiger partial charge on any atom is 0.318 e. The molecule has 1 aromatic rings. The Bertz CT molecular complexity index is 489. The quantitative estimate of drug-likeness (QED) is 0.872. The molecule has 2 atom stereocenters. The third-order valence-electron chi connectivity index (χ3n) is 3.66. The molecule has 1 aliphatic rings. The van der Waals surface area contributed by atoms with E-state index in [4.69, 9.17) is 9.26 Å². The van der Waals surface area contributed by atoms with E-state index in [9.17, 15) is 4.79 Å². The molecule has 2 amide bonds. The molecule has 2 unspecified atom stereocenters. The summed E-state index contributed by atoms with van der Waals surface area (Å²) in [7, 11) is 0. The Kier molecular flexibility index (Phi) is 5.76. The van der Waals surface area contributed by atoms with Gasteiger partial charge in [0.25, 0.3) is 0 Å².